The Balaban J connectivity index is 0.000000838. The smallest absolute Gasteiger partial charge is 0.373 e. The Morgan fingerprint density at radius 2 is 1.33 bits per heavy atom. The largest absolute Gasteiger partial charge is 0.545 e. The highest BCUT2D eigenvalue weighted by atomic mass is 28.4. The lowest BCUT2D eigenvalue weighted by atomic mass is 10.1. The van der Waals surface area contributed by atoms with E-state index < -0.39 is 46.1 Å². The van der Waals surface area contributed by atoms with E-state index in [2.05, 4.69) is 89.9 Å². The minimum Gasteiger partial charge on any atom is -0.545 e. The van der Waals surface area contributed by atoms with Gasteiger partial charge in [-0.05, 0) is 50.1 Å². The Bertz CT molecular complexity index is 1450. The summed E-state index contributed by atoms with van der Waals surface area (Å²) < 4.78 is 36.8. The van der Waals surface area contributed by atoms with Crippen LogP contribution in [-0.4, -0.2) is 116 Å². The lowest BCUT2D eigenvalue weighted by Gasteiger charge is -2.46. The summed E-state index contributed by atoms with van der Waals surface area (Å²) >= 11 is 0. The van der Waals surface area contributed by atoms with E-state index >= 15 is 0 Å². The fourth-order valence-electron chi connectivity index (χ4n) is 4.14. The van der Waals surface area contributed by atoms with Crippen LogP contribution < -0.4 is 10.9 Å². The van der Waals surface area contributed by atoms with Crippen molar-refractivity contribution < 1.29 is 61.3 Å². The van der Waals surface area contributed by atoms with Gasteiger partial charge in [-0.15, -0.1) is 0 Å². The maximum atomic E-state index is 12.5. The number of ether oxygens (including phenoxy) is 5. The van der Waals surface area contributed by atoms with Crippen LogP contribution in [0, 0.1) is 0 Å². The van der Waals surface area contributed by atoms with Crippen LogP contribution in [0.5, 0.6) is 0 Å². The van der Waals surface area contributed by atoms with E-state index in [1.165, 1.54) is 45.6 Å². The third kappa shape index (κ3) is 14.4. The second-order valence-corrected chi connectivity index (χ2v) is 24.7. The van der Waals surface area contributed by atoms with Crippen LogP contribution in [0.25, 0.3) is 0 Å². The Hall–Kier alpha value is -4.21. The first-order valence-corrected chi connectivity index (χ1v) is 23.5. The number of nitrogens with zero attached hydrogens (tertiary/aromatic N) is 2. The number of hydrogen-bond acceptors (Lipinski definition) is 13. The predicted molar refractivity (Wildman–Crippen MR) is 209 cm³/mol. The van der Waals surface area contributed by atoms with Crippen molar-refractivity contribution in [3.63, 3.8) is 0 Å². The number of hydrogen-bond donors (Lipinski definition) is 2. The number of allylic oxidation sites excluding steroid dienone is 1. The molecular formula is C36H64N4O13Si2. The third-order valence-corrected chi connectivity index (χ3v) is 18.0. The molecule has 19 heteroatoms. The lowest BCUT2D eigenvalue weighted by Crippen LogP contribution is -2.64. The highest BCUT2D eigenvalue weighted by molar-refractivity contribution is 6.74. The number of carbonyl (C=O) groups excluding carboxylic acids is 6. The summed E-state index contributed by atoms with van der Waals surface area (Å²) in [6.07, 6.45) is 2.57. The number of methoxy groups -OCH3 is 4. The average Bonchev–Trinajstić information content (AvgIpc) is 3.60. The SMILES string of the molecule is C=C(/C=C(\OC)C(=O)OC)O[Si](C)(C)C(C)(C)C.CCOCC.COC(=O)C1(OC)C=C(O[Si](C)(C)C(C)(C)C)CN2C(=O)CC(=O)N21.O=C1CC(=O)NN1. The van der Waals surface area contributed by atoms with E-state index in [1.54, 1.807) is 0 Å². The molecule has 2 N–H and O–H groups in total. The van der Waals surface area contributed by atoms with Crippen molar-refractivity contribution in [2.24, 2.45) is 0 Å². The van der Waals surface area contributed by atoms with Gasteiger partial charge in [-0.1, -0.05) is 48.1 Å². The molecule has 1 unspecified atom stereocenters. The summed E-state index contributed by atoms with van der Waals surface area (Å²) in [5, 5.41) is 2.23. The van der Waals surface area contributed by atoms with Crippen LogP contribution in [0.2, 0.25) is 36.3 Å². The zero-order chi connectivity index (χ0) is 43.2. The van der Waals surface area contributed by atoms with Gasteiger partial charge in [0.2, 0.25) is 34.2 Å². The number of carbonyl (C=O) groups is 6. The minimum atomic E-state index is -2.21. The molecule has 17 nitrogen and oxygen atoms in total. The molecule has 0 radical (unpaired) electrons. The van der Waals surface area contributed by atoms with Crippen LogP contribution in [0.4, 0.5) is 0 Å². The Morgan fingerprint density at radius 3 is 1.67 bits per heavy atom. The van der Waals surface area contributed by atoms with Crippen molar-refractivity contribution in [3.05, 3.63) is 36.0 Å². The maximum Gasteiger partial charge on any atom is 0.373 e. The van der Waals surface area contributed by atoms with Crippen molar-refractivity contribution in [2.75, 3.05) is 48.2 Å². The molecule has 1 atom stereocenters. The Labute approximate surface area is 328 Å². The first kappa shape index (κ1) is 50.8. The highest BCUT2D eigenvalue weighted by Crippen LogP contribution is 2.41. The van der Waals surface area contributed by atoms with Gasteiger partial charge in [0.25, 0.3) is 17.5 Å². The molecule has 0 aliphatic carbocycles. The molecule has 2 saturated heterocycles. The van der Waals surface area contributed by atoms with E-state index in [1.807, 2.05) is 13.8 Å². The fraction of sp³-hybridized carbons (Fsp3) is 0.667. The second-order valence-electron chi connectivity index (χ2n) is 15.3. The molecule has 0 bridgehead atoms. The average molecular weight is 817 g/mol. The second kappa shape index (κ2) is 21.2. The zero-order valence-electron chi connectivity index (χ0n) is 35.6. The van der Waals surface area contributed by atoms with Crippen LogP contribution in [0.3, 0.4) is 0 Å². The number of nitrogens with one attached hydrogen (secondary N) is 2. The number of amides is 4. The maximum absolute atomic E-state index is 12.5. The molecule has 0 spiro atoms. The zero-order valence-corrected chi connectivity index (χ0v) is 37.6. The molecule has 55 heavy (non-hydrogen) atoms. The van der Waals surface area contributed by atoms with E-state index in [0.717, 1.165) is 18.2 Å². The number of fused-ring (bicyclic) bond motifs is 1. The van der Waals surface area contributed by atoms with Crippen LogP contribution in [-0.2, 0) is 61.3 Å². The van der Waals surface area contributed by atoms with E-state index in [4.69, 9.17) is 27.8 Å². The Kier molecular flexibility index (Phi) is 19.6. The number of hydrazine groups is 2. The standard InChI is InChI=1S/C16H26N2O6Si.C13H24O4Si.C4H10O.C3H4N2O2/c1-15(2,3)25(6,7)24-11-9-16(23-5,14(21)22-4)18-13(20)8-12(19)17(18)10-11;1-10(9-11(15-5)12(14)16-6)17-18(7,8)13(2,3)4;1-3-5-4-2;6-2-1-3(7)5-4-2/h9H,8,10H2,1-7H3;9H,1H2,2-8H3;3-4H2,1-2H3;1H2,(H,4,6)(H,5,7)/b;11-9-;;. The first-order chi connectivity index (χ1) is 25.1. The van der Waals surface area contributed by atoms with Crippen LogP contribution >= 0.6 is 0 Å². The molecule has 0 aromatic rings. The van der Waals surface area contributed by atoms with Gasteiger partial charge in [-0.2, -0.15) is 0 Å². The van der Waals surface area contributed by atoms with Crippen LogP contribution in [0.15, 0.2) is 36.0 Å². The molecule has 4 amide bonds. The van der Waals surface area contributed by atoms with Gasteiger partial charge in [0.05, 0.1) is 33.6 Å². The molecule has 3 rings (SSSR count). The van der Waals surface area contributed by atoms with Crippen molar-refractivity contribution in [3.8, 4) is 0 Å². The van der Waals surface area contributed by atoms with Gasteiger partial charge in [-0.3, -0.25) is 30.0 Å². The minimum absolute atomic E-state index is 0.0278. The molecule has 3 heterocycles. The monoisotopic (exact) mass is 816 g/mol. The topological polar surface area (TPSA) is 198 Å². The van der Waals surface area contributed by atoms with Gasteiger partial charge in [-0.25, -0.2) is 19.6 Å². The Morgan fingerprint density at radius 1 is 0.818 bits per heavy atom. The van der Waals surface area contributed by atoms with Gasteiger partial charge in [0, 0.05) is 32.5 Å². The molecule has 0 aromatic carbocycles. The van der Waals surface area contributed by atoms with E-state index in [0.29, 0.717) is 11.5 Å². The normalized spacial score (nSPS) is 18.4. The summed E-state index contributed by atoms with van der Waals surface area (Å²) in [5.74, 6) is -1.84. The summed E-state index contributed by atoms with van der Waals surface area (Å²) in [6.45, 7) is 30.5. The highest BCUT2D eigenvalue weighted by Gasteiger charge is 2.58. The van der Waals surface area contributed by atoms with E-state index in [9.17, 15) is 28.8 Å². The van der Waals surface area contributed by atoms with Gasteiger partial charge in [0.15, 0.2) is 0 Å². The van der Waals surface area contributed by atoms with Crippen molar-refractivity contribution in [2.45, 2.75) is 110 Å². The summed E-state index contributed by atoms with van der Waals surface area (Å²) in [5.41, 5.74) is 2.42. The van der Waals surface area contributed by atoms with Gasteiger partial charge >= 0.3 is 11.9 Å². The number of rotatable bonds is 11. The predicted octanol–water partition coefficient (Wildman–Crippen LogP) is 4.20. The molecule has 0 saturated carbocycles. The first-order valence-electron chi connectivity index (χ1n) is 17.7. The third-order valence-electron chi connectivity index (χ3n) is 9.19. The quantitative estimate of drug-likeness (QED) is 0.0753. The van der Waals surface area contributed by atoms with E-state index in [-0.39, 0.29) is 47.0 Å². The van der Waals surface area contributed by atoms with Crippen molar-refractivity contribution in [1.82, 2.24) is 20.9 Å². The van der Waals surface area contributed by atoms with Gasteiger partial charge < -0.3 is 32.5 Å². The van der Waals surface area contributed by atoms with Gasteiger partial charge in [0.1, 0.15) is 18.6 Å². The fourth-order valence-corrected chi connectivity index (χ4v) is 6.24. The van der Waals surface area contributed by atoms with Crippen LogP contribution in [0.1, 0.15) is 68.2 Å². The molecule has 0 aromatic heterocycles. The molecule has 314 valence electrons. The molecule has 3 aliphatic rings. The summed E-state index contributed by atoms with van der Waals surface area (Å²) in [7, 11) is 1.04. The van der Waals surface area contributed by atoms with Crippen molar-refractivity contribution >= 4 is 52.2 Å². The van der Waals surface area contributed by atoms with Crippen molar-refractivity contribution in [1.29, 1.82) is 0 Å². The lowest BCUT2D eigenvalue weighted by molar-refractivity contribution is -0.216. The molecule has 2 fully saturated rings. The summed E-state index contributed by atoms with van der Waals surface area (Å²) in [6, 6.07) is 0. The summed E-state index contributed by atoms with van der Waals surface area (Å²) in [4.78, 5) is 68.4. The molecular weight excluding hydrogens is 753 g/mol. The number of esters is 2. The molecule has 3 aliphatic heterocycles.